The van der Waals surface area contributed by atoms with Crippen LogP contribution in [0.3, 0.4) is 0 Å². The van der Waals surface area contributed by atoms with E-state index in [2.05, 4.69) is 10.6 Å². The van der Waals surface area contributed by atoms with Gasteiger partial charge in [0.1, 0.15) is 5.92 Å². The molecule has 2 bridgehead atoms. The number of hydrogen-bond acceptors (Lipinski definition) is 4. The average molecular weight is 508 g/mol. The summed E-state index contributed by atoms with van der Waals surface area (Å²) in [6, 6.07) is 18.5. The number of aryl methyl sites for hydroxylation is 2. The van der Waals surface area contributed by atoms with Gasteiger partial charge >= 0.3 is 0 Å². The number of ether oxygens (including phenoxy) is 2. The van der Waals surface area contributed by atoms with Crippen molar-refractivity contribution in [2.75, 3.05) is 17.3 Å². The average Bonchev–Trinajstić information content (AvgIpc) is 2.80. The van der Waals surface area contributed by atoms with Crippen molar-refractivity contribution >= 4 is 46.2 Å². The number of rotatable bonds is 4. The van der Waals surface area contributed by atoms with Gasteiger partial charge in [-0.15, -0.1) is 0 Å². The van der Waals surface area contributed by atoms with E-state index >= 15 is 0 Å². The van der Waals surface area contributed by atoms with Crippen LogP contribution in [-0.4, -0.2) is 23.9 Å². The first-order chi connectivity index (χ1) is 16.7. The Kier molecular flexibility index (Phi) is 5.85. The third kappa shape index (κ3) is 3.89. The number of nitrogens with zero attached hydrogens (tertiary/aromatic N) is 1. The minimum absolute atomic E-state index is 0.181. The van der Waals surface area contributed by atoms with E-state index in [-0.39, 0.29) is 5.91 Å². The van der Waals surface area contributed by atoms with E-state index in [1.807, 2.05) is 74.2 Å². The number of para-hydroxylation sites is 1. The second-order valence-corrected chi connectivity index (χ2v) is 9.89. The maximum absolute atomic E-state index is 14.0. The SMILES string of the molecule is COc1cccc2c1OC1(C)C(C(=O)Nc3ccc(C)cc3C)C2NC(=S)N1c1cccc(Cl)c1. The van der Waals surface area contributed by atoms with Gasteiger partial charge in [-0.3, -0.25) is 9.69 Å². The highest BCUT2D eigenvalue weighted by Gasteiger charge is 2.59. The highest BCUT2D eigenvalue weighted by Crippen LogP contribution is 2.52. The molecule has 35 heavy (non-hydrogen) atoms. The molecule has 1 amide bonds. The van der Waals surface area contributed by atoms with Crippen molar-refractivity contribution in [1.82, 2.24) is 5.32 Å². The molecule has 180 valence electrons. The molecule has 3 unspecified atom stereocenters. The van der Waals surface area contributed by atoms with Crippen LogP contribution >= 0.6 is 23.8 Å². The number of benzene rings is 3. The van der Waals surface area contributed by atoms with Gasteiger partial charge in [0.05, 0.1) is 13.2 Å². The quantitative estimate of drug-likeness (QED) is 0.437. The van der Waals surface area contributed by atoms with Crippen molar-refractivity contribution in [1.29, 1.82) is 0 Å². The number of halogens is 1. The van der Waals surface area contributed by atoms with Crippen molar-refractivity contribution in [3.05, 3.63) is 82.4 Å². The molecule has 2 heterocycles. The normalized spacial score (nSPS) is 22.5. The van der Waals surface area contributed by atoms with E-state index in [1.165, 1.54) is 0 Å². The second kappa shape index (κ2) is 8.73. The zero-order chi connectivity index (χ0) is 24.9. The van der Waals surface area contributed by atoms with E-state index < -0.39 is 17.7 Å². The molecule has 3 atom stereocenters. The summed E-state index contributed by atoms with van der Waals surface area (Å²) in [7, 11) is 1.60. The lowest BCUT2D eigenvalue weighted by Crippen LogP contribution is -2.72. The van der Waals surface area contributed by atoms with Gasteiger partial charge in [-0.2, -0.15) is 0 Å². The number of carbonyl (C=O) groups is 1. The minimum Gasteiger partial charge on any atom is -0.493 e. The summed E-state index contributed by atoms with van der Waals surface area (Å²) in [6.45, 7) is 5.89. The number of nitrogens with one attached hydrogen (secondary N) is 2. The van der Waals surface area contributed by atoms with Gasteiger partial charge < -0.3 is 20.1 Å². The number of thiocarbonyl (C=S) groups is 1. The summed E-state index contributed by atoms with van der Waals surface area (Å²) in [5, 5.41) is 7.54. The van der Waals surface area contributed by atoms with Gasteiger partial charge in [-0.1, -0.05) is 47.5 Å². The molecular formula is C27H26ClN3O3S. The van der Waals surface area contributed by atoms with E-state index in [0.29, 0.717) is 21.6 Å². The van der Waals surface area contributed by atoms with Gasteiger partial charge in [-0.05, 0) is 68.9 Å². The summed E-state index contributed by atoms with van der Waals surface area (Å²) in [5.74, 6) is 0.334. The Hall–Kier alpha value is -3.29. The van der Waals surface area contributed by atoms with E-state index in [1.54, 1.807) is 19.2 Å². The molecule has 2 N–H and O–H groups in total. The molecule has 0 saturated carbocycles. The van der Waals surface area contributed by atoms with E-state index in [9.17, 15) is 4.79 Å². The Balaban J connectivity index is 1.65. The first-order valence-electron chi connectivity index (χ1n) is 11.3. The van der Waals surface area contributed by atoms with E-state index in [4.69, 9.17) is 33.3 Å². The molecule has 1 saturated heterocycles. The summed E-state index contributed by atoms with van der Waals surface area (Å²) in [4.78, 5) is 15.8. The predicted molar refractivity (Wildman–Crippen MR) is 142 cm³/mol. The summed E-state index contributed by atoms with van der Waals surface area (Å²) < 4.78 is 12.3. The summed E-state index contributed by atoms with van der Waals surface area (Å²) in [6.07, 6.45) is 0. The fourth-order valence-corrected chi connectivity index (χ4v) is 5.70. The second-order valence-electron chi connectivity index (χ2n) is 9.06. The standard InChI is InChI=1S/C27H26ClN3O3S/c1-15-11-12-20(16(2)13-15)29-25(32)22-23-19-9-6-10-21(33-4)24(19)34-27(22,3)31(26(35)30-23)18-8-5-7-17(28)14-18/h5-14,22-23H,1-4H3,(H,29,32)(H,30,35). The molecule has 3 aromatic rings. The Morgan fingerprint density at radius 3 is 2.66 bits per heavy atom. The van der Waals surface area contributed by atoms with Crippen LogP contribution in [0.2, 0.25) is 5.02 Å². The lowest BCUT2D eigenvalue weighted by molar-refractivity contribution is -0.130. The van der Waals surface area contributed by atoms with Crippen LogP contribution in [0.5, 0.6) is 11.5 Å². The van der Waals surface area contributed by atoms with Crippen molar-refractivity contribution < 1.29 is 14.3 Å². The van der Waals surface area contributed by atoms with E-state index in [0.717, 1.165) is 28.1 Å². The van der Waals surface area contributed by atoms with Crippen LogP contribution in [0, 0.1) is 19.8 Å². The molecule has 2 aliphatic heterocycles. The van der Waals surface area contributed by atoms with Crippen LogP contribution in [-0.2, 0) is 4.79 Å². The largest absolute Gasteiger partial charge is 0.493 e. The third-order valence-corrected chi connectivity index (χ3v) is 7.23. The molecule has 5 rings (SSSR count). The molecule has 0 radical (unpaired) electrons. The monoisotopic (exact) mass is 507 g/mol. The van der Waals surface area contributed by atoms with Gasteiger partial charge in [0.25, 0.3) is 0 Å². The first-order valence-corrected chi connectivity index (χ1v) is 12.1. The Bertz CT molecular complexity index is 1350. The Labute approximate surface area is 215 Å². The van der Waals surface area contributed by atoms with Gasteiger partial charge in [-0.25, -0.2) is 0 Å². The third-order valence-electron chi connectivity index (χ3n) is 6.70. The van der Waals surface area contributed by atoms with Crippen LogP contribution in [0.25, 0.3) is 0 Å². The van der Waals surface area contributed by atoms with Crippen LogP contribution in [0.4, 0.5) is 11.4 Å². The maximum Gasteiger partial charge on any atom is 0.236 e. The van der Waals surface area contributed by atoms with Crippen molar-refractivity contribution in [2.45, 2.75) is 32.5 Å². The molecule has 8 heteroatoms. The number of amides is 1. The summed E-state index contributed by atoms with van der Waals surface area (Å²) in [5.41, 5.74) is 3.25. The smallest absolute Gasteiger partial charge is 0.236 e. The number of methoxy groups -OCH3 is 1. The number of carbonyl (C=O) groups excluding carboxylic acids is 1. The minimum atomic E-state index is -1.16. The highest BCUT2D eigenvalue weighted by molar-refractivity contribution is 7.80. The highest BCUT2D eigenvalue weighted by atomic mass is 35.5. The fraction of sp³-hybridized carbons (Fsp3) is 0.259. The molecule has 0 spiro atoms. The van der Waals surface area contributed by atoms with Crippen LogP contribution < -0.4 is 25.0 Å². The lowest BCUT2D eigenvalue weighted by Gasteiger charge is -2.56. The molecular weight excluding hydrogens is 482 g/mol. The molecule has 0 aromatic heterocycles. The Morgan fingerprint density at radius 1 is 1.17 bits per heavy atom. The van der Waals surface area contributed by atoms with Gasteiger partial charge in [0, 0.05) is 22.0 Å². The molecule has 0 aliphatic carbocycles. The zero-order valence-corrected chi connectivity index (χ0v) is 21.5. The van der Waals surface area contributed by atoms with Crippen LogP contribution in [0.15, 0.2) is 60.7 Å². The fourth-order valence-electron chi connectivity index (χ4n) is 5.10. The Morgan fingerprint density at radius 2 is 1.94 bits per heavy atom. The number of anilines is 2. The van der Waals surface area contributed by atoms with Gasteiger partial charge in [0.2, 0.25) is 5.91 Å². The molecule has 2 aliphatic rings. The van der Waals surface area contributed by atoms with Crippen molar-refractivity contribution in [3.63, 3.8) is 0 Å². The predicted octanol–water partition coefficient (Wildman–Crippen LogP) is 5.76. The van der Waals surface area contributed by atoms with Gasteiger partial charge in [0.15, 0.2) is 22.3 Å². The number of fused-ring (bicyclic) bond motifs is 4. The molecule has 6 nitrogen and oxygen atoms in total. The number of hydrogen-bond donors (Lipinski definition) is 2. The zero-order valence-electron chi connectivity index (χ0n) is 19.9. The molecule has 1 fully saturated rings. The maximum atomic E-state index is 14.0. The molecule has 3 aromatic carbocycles. The van der Waals surface area contributed by atoms with Crippen molar-refractivity contribution in [2.24, 2.45) is 5.92 Å². The summed E-state index contributed by atoms with van der Waals surface area (Å²) >= 11 is 12.1. The van der Waals surface area contributed by atoms with Crippen LogP contribution in [0.1, 0.15) is 29.7 Å². The first kappa shape index (κ1) is 23.5. The topological polar surface area (TPSA) is 62.8 Å². The van der Waals surface area contributed by atoms with Crippen molar-refractivity contribution in [3.8, 4) is 11.5 Å². The lowest BCUT2D eigenvalue weighted by atomic mass is 9.78.